The Balaban J connectivity index is 1.70. The number of aryl methyl sites for hydroxylation is 1. The highest BCUT2D eigenvalue weighted by Gasteiger charge is 2.25. The second-order valence-corrected chi connectivity index (χ2v) is 6.73. The van der Waals surface area contributed by atoms with E-state index >= 15 is 0 Å². The predicted molar refractivity (Wildman–Crippen MR) is 98.9 cm³/mol. The van der Waals surface area contributed by atoms with E-state index in [1.54, 1.807) is 20.3 Å². The van der Waals surface area contributed by atoms with Crippen LogP contribution in [-0.4, -0.2) is 24.3 Å². The van der Waals surface area contributed by atoms with Crippen LogP contribution >= 0.6 is 0 Å². The second kappa shape index (κ2) is 6.36. The van der Waals surface area contributed by atoms with Crippen LogP contribution in [0.15, 0.2) is 36.4 Å². The van der Waals surface area contributed by atoms with Crippen LogP contribution in [0.4, 0.5) is 0 Å². The maximum Gasteiger partial charge on any atom is 0.160 e. The Morgan fingerprint density at radius 2 is 1.92 bits per heavy atom. The molecule has 0 radical (unpaired) electrons. The zero-order chi connectivity index (χ0) is 17.4. The standard InChI is InChI=1S/C21H23NO3/c1-24-19-9-6-13(11-20(19)25-2)10-14-4-3-5-17-21(14)16-8-7-15(23)12-18(16)22-17/h6-9,11-12,14,22-23H,3-5,10H2,1-2H3. The Bertz CT molecular complexity index is 913. The predicted octanol–water partition coefficient (Wildman–Crippen LogP) is 4.55. The molecule has 2 N–H and O–H groups in total. The van der Waals surface area contributed by atoms with Crippen molar-refractivity contribution >= 4 is 10.9 Å². The van der Waals surface area contributed by atoms with Crippen LogP contribution in [0.3, 0.4) is 0 Å². The molecule has 4 nitrogen and oxygen atoms in total. The number of hydrogen-bond acceptors (Lipinski definition) is 3. The van der Waals surface area contributed by atoms with E-state index in [1.165, 1.54) is 35.0 Å². The minimum atomic E-state index is 0.308. The van der Waals surface area contributed by atoms with Gasteiger partial charge in [0.2, 0.25) is 0 Å². The molecule has 2 aromatic carbocycles. The molecule has 1 aliphatic rings. The number of rotatable bonds is 4. The average Bonchev–Trinajstić information content (AvgIpc) is 2.99. The van der Waals surface area contributed by atoms with E-state index in [9.17, 15) is 5.11 Å². The number of aromatic hydroxyl groups is 1. The van der Waals surface area contributed by atoms with E-state index in [0.717, 1.165) is 29.9 Å². The van der Waals surface area contributed by atoms with Crippen molar-refractivity contribution in [2.45, 2.75) is 31.6 Å². The zero-order valence-electron chi connectivity index (χ0n) is 14.6. The molecule has 4 rings (SSSR count). The van der Waals surface area contributed by atoms with E-state index in [4.69, 9.17) is 9.47 Å². The highest BCUT2D eigenvalue weighted by Crippen LogP contribution is 2.40. The molecule has 0 amide bonds. The molecule has 0 saturated heterocycles. The smallest absolute Gasteiger partial charge is 0.160 e. The van der Waals surface area contributed by atoms with Crippen LogP contribution in [0.1, 0.15) is 35.6 Å². The van der Waals surface area contributed by atoms with Gasteiger partial charge in [0.15, 0.2) is 11.5 Å². The van der Waals surface area contributed by atoms with Gasteiger partial charge in [-0.2, -0.15) is 0 Å². The SMILES string of the molecule is COc1ccc(CC2CCCc3[nH]c4cc(O)ccc4c32)cc1OC. The summed E-state index contributed by atoms with van der Waals surface area (Å²) < 4.78 is 10.8. The van der Waals surface area contributed by atoms with Crippen molar-refractivity contribution in [1.29, 1.82) is 0 Å². The lowest BCUT2D eigenvalue weighted by atomic mass is 9.81. The maximum absolute atomic E-state index is 9.75. The summed E-state index contributed by atoms with van der Waals surface area (Å²) in [4.78, 5) is 3.51. The number of nitrogens with one attached hydrogen (secondary N) is 1. The third-order valence-electron chi connectivity index (χ3n) is 5.22. The van der Waals surface area contributed by atoms with Gasteiger partial charge in [0, 0.05) is 22.7 Å². The van der Waals surface area contributed by atoms with Crippen LogP contribution in [-0.2, 0) is 12.8 Å². The van der Waals surface area contributed by atoms with Gasteiger partial charge in [-0.05, 0) is 67.0 Å². The van der Waals surface area contributed by atoms with Crippen LogP contribution in [0.2, 0.25) is 0 Å². The van der Waals surface area contributed by atoms with Gasteiger partial charge in [-0.1, -0.05) is 6.07 Å². The number of methoxy groups -OCH3 is 2. The van der Waals surface area contributed by atoms with Gasteiger partial charge in [0.05, 0.1) is 14.2 Å². The maximum atomic E-state index is 9.75. The minimum absolute atomic E-state index is 0.308. The fraction of sp³-hybridized carbons (Fsp3) is 0.333. The topological polar surface area (TPSA) is 54.5 Å². The van der Waals surface area contributed by atoms with Gasteiger partial charge < -0.3 is 19.6 Å². The summed E-state index contributed by atoms with van der Waals surface area (Å²) in [5.74, 6) is 2.32. The zero-order valence-corrected chi connectivity index (χ0v) is 14.6. The number of aromatic nitrogens is 1. The Morgan fingerprint density at radius 3 is 2.72 bits per heavy atom. The first-order valence-corrected chi connectivity index (χ1v) is 8.74. The normalized spacial score (nSPS) is 16.6. The average molecular weight is 337 g/mol. The van der Waals surface area contributed by atoms with Gasteiger partial charge in [-0.25, -0.2) is 0 Å². The summed E-state index contributed by atoms with van der Waals surface area (Å²) >= 11 is 0. The molecule has 1 atom stereocenters. The molecule has 3 aromatic rings. The molecule has 1 aromatic heterocycles. The molecule has 25 heavy (non-hydrogen) atoms. The van der Waals surface area contributed by atoms with Crippen molar-refractivity contribution < 1.29 is 14.6 Å². The highest BCUT2D eigenvalue weighted by atomic mass is 16.5. The number of aromatic amines is 1. The highest BCUT2D eigenvalue weighted by molar-refractivity contribution is 5.86. The first kappa shape index (κ1) is 15.9. The van der Waals surface area contributed by atoms with Crippen molar-refractivity contribution in [2.24, 2.45) is 0 Å². The van der Waals surface area contributed by atoms with Gasteiger partial charge in [0.25, 0.3) is 0 Å². The quantitative estimate of drug-likeness (QED) is 0.734. The largest absolute Gasteiger partial charge is 0.508 e. The van der Waals surface area contributed by atoms with E-state index in [1.807, 2.05) is 18.2 Å². The van der Waals surface area contributed by atoms with Crippen LogP contribution < -0.4 is 9.47 Å². The molecule has 1 heterocycles. The first-order chi connectivity index (χ1) is 12.2. The lowest BCUT2D eigenvalue weighted by Crippen LogP contribution is -2.11. The van der Waals surface area contributed by atoms with Crippen molar-refractivity contribution in [3.05, 3.63) is 53.2 Å². The summed E-state index contributed by atoms with van der Waals surface area (Å²) in [6.07, 6.45) is 4.41. The number of phenolic OH excluding ortho intramolecular Hbond substituents is 1. The molecule has 1 aliphatic carbocycles. The molecular formula is C21H23NO3. The molecule has 0 bridgehead atoms. The third kappa shape index (κ3) is 2.82. The third-order valence-corrected chi connectivity index (χ3v) is 5.22. The molecule has 0 aliphatic heterocycles. The summed E-state index contributed by atoms with van der Waals surface area (Å²) in [5, 5.41) is 11.0. The molecule has 0 spiro atoms. The summed E-state index contributed by atoms with van der Waals surface area (Å²) in [6.45, 7) is 0. The Hall–Kier alpha value is -2.62. The fourth-order valence-corrected chi connectivity index (χ4v) is 4.09. The summed E-state index contributed by atoms with van der Waals surface area (Å²) in [6, 6.07) is 11.8. The van der Waals surface area contributed by atoms with Gasteiger partial charge in [-0.3, -0.25) is 0 Å². The van der Waals surface area contributed by atoms with Crippen molar-refractivity contribution in [3.8, 4) is 17.2 Å². The summed E-state index contributed by atoms with van der Waals surface area (Å²) in [5.41, 5.74) is 5.02. The van der Waals surface area contributed by atoms with E-state index in [-0.39, 0.29) is 0 Å². The first-order valence-electron chi connectivity index (χ1n) is 8.74. The molecule has 0 saturated carbocycles. The van der Waals surface area contributed by atoms with Crippen molar-refractivity contribution in [3.63, 3.8) is 0 Å². The van der Waals surface area contributed by atoms with Gasteiger partial charge >= 0.3 is 0 Å². The fourth-order valence-electron chi connectivity index (χ4n) is 4.09. The van der Waals surface area contributed by atoms with Crippen LogP contribution in [0, 0.1) is 0 Å². The number of fused-ring (bicyclic) bond motifs is 3. The van der Waals surface area contributed by atoms with Crippen molar-refractivity contribution in [1.82, 2.24) is 4.98 Å². The molecular weight excluding hydrogens is 314 g/mol. The number of H-pyrrole nitrogens is 1. The Labute approximate surface area is 147 Å². The Kier molecular flexibility index (Phi) is 4.04. The number of benzene rings is 2. The van der Waals surface area contributed by atoms with E-state index in [2.05, 4.69) is 17.1 Å². The van der Waals surface area contributed by atoms with Crippen LogP contribution in [0.25, 0.3) is 10.9 Å². The number of ether oxygens (including phenoxy) is 2. The Morgan fingerprint density at radius 1 is 1.08 bits per heavy atom. The molecule has 1 unspecified atom stereocenters. The second-order valence-electron chi connectivity index (χ2n) is 6.73. The molecule has 0 fully saturated rings. The minimum Gasteiger partial charge on any atom is -0.508 e. The lowest BCUT2D eigenvalue weighted by molar-refractivity contribution is 0.354. The monoisotopic (exact) mass is 337 g/mol. The summed E-state index contributed by atoms with van der Waals surface area (Å²) in [7, 11) is 3.33. The number of phenols is 1. The molecule has 130 valence electrons. The van der Waals surface area contributed by atoms with E-state index in [0.29, 0.717) is 11.7 Å². The van der Waals surface area contributed by atoms with Gasteiger partial charge in [-0.15, -0.1) is 0 Å². The van der Waals surface area contributed by atoms with E-state index < -0.39 is 0 Å². The van der Waals surface area contributed by atoms with Gasteiger partial charge in [0.1, 0.15) is 5.75 Å². The lowest BCUT2D eigenvalue weighted by Gasteiger charge is -2.23. The van der Waals surface area contributed by atoms with Crippen molar-refractivity contribution in [2.75, 3.05) is 14.2 Å². The van der Waals surface area contributed by atoms with Crippen LogP contribution in [0.5, 0.6) is 17.2 Å². The molecule has 4 heteroatoms. The number of hydrogen-bond donors (Lipinski definition) is 2.